The number of carboxylic acid groups (broad SMARTS) is 1. The van der Waals surface area contributed by atoms with Gasteiger partial charge in [0.1, 0.15) is 10.7 Å². The van der Waals surface area contributed by atoms with E-state index in [0.29, 0.717) is 16.4 Å². The molecule has 0 spiro atoms. The molecule has 3 heterocycles. The lowest BCUT2D eigenvalue weighted by Gasteiger charge is -2.46. The Morgan fingerprint density at radius 3 is 2.79 bits per heavy atom. The Balaban J connectivity index is 1.77. The summed E-state index contributed by atoms with van der Waals surface area (Å²) in [5.41, 5.74) is 5.60. The SMILES string of the molecule is C[C@@H](O)C1C(=O)N2C(C(=O)O)=C(CSc3ccnc(OCC(N)=O)n3)[C@H](C)C12. The van der Waals surface area contributed by atoms with Crippen LogP contribution in [0.2, 0.25) is 0 Å². The first-order chi connectivity index (χ1) is 13.2. The van der Waals surface area contributed by atoms with Crippen LogP contribution in [0, 0.1) is 11.8 Å². The Labute approximate surface area is 164 Å². The third-order valence-electron chi connectivity index (χ3n) is 4.84. The van der Waals surface area contributed by atoms with Gasteiger partial charge in [0.15, 0.2) is 6.61 Å². The van der Waals surface area contributed by atoms with Crippen LogP contribution in [0.25, 0.3) is 0 Å². The van der Waals surface area contributed by atoms with Crippen molar-refractivity contribution in [2.75, 3.05) is 12.4 Å². The summed E-state index contributed by atoms with van der Waals surface area (Å²) in [5, 5.41) is 20.0. The Bertz CT molecular complexity index is 858. The predicted octanol–water partition coefficient (Wildman–Crippen LogP) is -0.371. The maximum absolute atomic E-state index is 12.3. The smallest absolute Gasteiger partial charge is 0.352 e. The number of carbonyl (C=O) groups is 3. The number of primary amides is 1. The van der Waals surface area contributed by atoms with Crippen molar-refractivity contribution in [3.63, 3.8) is 0 Å². The average Bonchev–Trinajstić information content (AvgIpc) is 2.87. The Morgan fingerprint density at radius 2 is 2.18 bits per heavy atom. The lowest BCUT2D eigenvalue weighted by atomic mass is 9.78. The van der Waals surface area contributed by atoms with E-state index in [2.05, 4.69) is 9.97 Å². The quantitative estimate of drug-likeness (QED) is 0.297. The number of nitrogens with two attached hydrogens (primary N) is 1. The zero-order chi connectivity index (χ0) is 20.6. The van der Waals surface area contributed by atoms with Crippen molar-refractivity contribution in [2.24, 2.45) is 17.6 Å². The highest BCUT2D eigenvalue weighted by Crippen LogP contribution is 2.48. The number of carbonyl (C=O) groups excluding carboxylic acids is 2. The highest BCUT2D eigenvalue weighted by Gasteiger charge is 2.59. The van der Waals surface area contributed by atoms with E-state index in [4.69, 9.17) is 10.5 Å². The van der Waals surface area contributed by atoms with Crippen molar-refractivity contribution in [3.8, 4) is 6.01 Å². The van der Waals surface area contributed by atoms with Gasteiger partial charge in [-0.25, -0.2) is 9.78 Å². The van der Waals surface area contributed by atoms with Gasteiger partial charge in [0, 0.05) is 17.9 Å². The van der Waals surface area contributed by atoms with Crippen molar-refractivity contribution < 1.29 is 29.3 Å². The molecule has 2 aliphatic heterocycles. The zero-order valence-electron chi connectivity index (χ0n) is 15.2. The van der Waals surface area contributed by atoms with Crippen molar-refractivity contribution >= 4 is 29.5 Å². The van der Waals surface area contributed by atoms with E-state index in [1.165, 1.54) is 29.8 Å². The number of nitrogens with zero attached hydrogens (tertiary/aromatic N) is 3. The second-order valence-corrected chi connectivity index (χ2v) is 7.65. The number of fused-ring (bicyclic) bond motifs is 1. The molecule has 0 bridgehead atoms. The first-order valence-electron chi connectivity index (χ1n) is 8.56. The molecule has 1 aromatic heterocycles. The minimum Gasteiger partial charge on any atom is -0.477 e. The maximum atomic E-state index is 12.3. The number of aliphatic hydroxyl groups excluding tert-OH is 1. The van der Waals surface area contributed by atoms with Crippen LogP contribution in [0.15, 0.2) is 28.6 Å². The third kappa shape index (κ3) is 3.54. The van der Waals surface area contributed by atoms with E-state index < -0.39 is 23.9 Å². The van der Waals surface area contributed by atoms with Gasteiger partial charge in [-0.1, -0.05) is 6.92 Å². The molecule has 0 aliphatic carbocycles. The number of ether oxygens (including phenoxy) is 1. The lowest BCUT2D eigenvalue weighted by molar-refractivity contribution is -0.163. The van der Waals surface area contributed by atoms with Gasteiger partial charge >= 0.3 is 12.0 Å². The highest BCUT2D eigenvalue weighted by atomic mass is 32.2. The van der Waals surface area contributed by atoms with Gasteiger partial charge in [-0.3, -0.25) is 9.59 Å². The largest absolute Gasteiger partial charge is 0.477 e. The van der Waals surface area contributed by atoms with E-state index >= 15 is 0 Å². The molecular formula is C17H20N4O6S. The first-order valence-corrected chi connectivity index (χ1v) is 9.55. The summed E-state index contributed by atoms with van der Waals surface area (Å²) in [7, 11) is 0. The Kier molecular flexibility index (Phi) is 5.57. The number of aliphatic carboxylic acids is 1. The molecule has 11 heteroatoms. The Morgan fingerprint density at radius 1 is 1.46 bits per heavy atom. The van der Waals surface area contributed by atoms with Crippen LogP contribution in [0.1, 0.15) is 13.8 Å². The molecule has 0 radical (unpaired) electrons. The molecule has 2 unspecified atom stereocenters. The molecule has 28 heavy (non-hydrogen) atoms. The lowest BCUT2D eigenvalue weighted by Crippen LogP contribution is -2.63. The van der Waals surface area contributed by atoms with Crippen LogP contribution >= 0.6 is 11.8 Å². The predicted molar refractivity (Wildman–Crippen MR) is 97.1 cm³/mol. The molecular weight excluding hydrogens is 388 g/mol. The summed E-state index contributed by atoms with van der Waals surface area (Å²) in [6.07, 6.45) is 0.612. The number of hydrogen-bond acceptors (Lipinski definition) is 8. The molecule has 2 amide bonds. The first kappa shape index (κ1) is 20.1. The molecule has 4 N–H and O–H groups in total. The number of rotatable bonds is 8. The van der Waals surface area contributed by atoms with Crippen LogP contribution in [-0.2, 0) is 14.4 Å². The number of aromatic nitrogens is 2. The number of hydrogen-bond donors (Lipinski definition) is 3. The van der Waals surface area contributed by atoms with Crippen molar-refractivity contribution in [1.82, 2.24) is 14.9 Å². The van der Waals surface area contributed by atoms with Gasteiger partial charge in [0.25, 0.3) is 5.91 Å². The fourth-order valence-electron chi connectivity index (χ4n) is 3.60. The number of β-lactam (4-membered cyclic amide) rings is 1. The fourth-order valence-corrected chi connectivity index (χ4v) is 4.60. The maximum Gasteiger partial charge on any atom is 0.352 e. The summed E-state index contributed by atoms with van der Waals surface area (Å²) in [4.78, 5) is 44.2. The van der Waals surface area contributed by atoms with Gasteiger partial charge in [-0.2, -0.15) is 4.98 Å². The molecule has 1 aromatic rings. The highest BCUT2D eigenvalue weighted by molar-refractivity contribution is 7.99. The standard InChI is InChI=1S/C17H20N4O6S/c1-7-9(6-28-11-3-4-19-17(20-11)27-5-10(18)23)14(16(25)26)21-13(7)12(8(2)22)15(21)24/h3-4,7-8,12-13,22H,5-6H2,1-2H3,(H2,18,23)(H,25,26)/t7-,8+,12?,13?/m0/s1. The monoisotopic (exact) mass is 408 g/mol. The molecule has 4 atom stereocenters. The van der Waals surface area contributed by atoms with Gasteiger partial charge in [0.2, 0.25) is 5.91 Å². The third-order valence-corrected chi connectivity index (χ3v) is 5.82. The zero-order valence-corrected chi connectivity index (χ0v) is 16.0. The van der Waals surface area contributed by atoms with Gasteiger partial charge in [0.05, 0.1) is 18.1 Å². The van der Waals surface area contributed by atoms with Gasteiger partial charge in [-0.15, -0.1) is 11.8 Å². The second kappa shape index (κ2) is 7.76. The Hall–Kier alpha value is -2.66. The molecule has 1 fully saturated rings. The fraction of sp³-hybridized carbons (Fsp3) is 0.471. The molecule has 1 saturated heterocycles. The molecule has 150 valence electrons. The van der Waals surface area contributed by atoms with Crippen molar-refractivity contribution in [2.45, 2.75) is 31.0 Å². The van der Waals surface area contributed by atoms with E-state index in [-0.39, 0.29) is 36.2 Å². The van der Waals surface area contributed by atoms with Crippen molar-refractivity contribution in [1.29, 1.82) is 0 Å². The molecule has 3 rings (SSSR count). The van der Waals surface area contributed by atoms with Crippen molar-refractivity contribution in [3.05, 3.63) is 23.5 Å². The van der Waals surface area contributed by atoms with E-state index in [1.807, 2.05) is 6.92 Å². The minimum absolute atomic E-state index is 0.0103. The van der Waals surface area contributed by atoms with Crippen LogP contribution in [-0.4, -0.2) is 67.4 Å². The molecule has 0 saturated carbocycles. The van der Waals surface area contributed by atoms with Crippen LogP contribution in [0.4, 0.5) is 0 Å². The molecule has 10 nitrogen and oxygen atoms in total. The normalized spacial score (nSPS) is 24.6. The van der Waals surface area contributed by atoms with Crippen LogP contribution in [0.5, 0.6) is 6.01 Å². The van der Waals surface area contributed by atoms with E-state index in [9.17, 15) is 24.6 Å². The topological polar surface area (TPSA) is 156 Å². The van der Waals surface area contributed by atoms with E-state index in [0.717, 1.165) is 0 Å². The average molecular weight is 408 g/mol. The second-order valence-electron chi connectivity index (χ2n) is 6.65. The van der Waals surface area contributed by atoms with Gasteiger partial charge < -0.3 is 25.6 Å². The summed E-state index contributed by atoms with van der Waals surface area (Å²) in [6.45, 7) is 3.04. The number of carboxylic acids is 1. The van der Waals surface area contributed by atoms with E-state index in [1.54, 1.807) is 6.07 Å². The molecule has 0 aromatic carbocycles. The summed E-state index contributed by atoms with van der Waals surface area (Å²) in [6, 6.07) is 1.26. The van der Waals surface area contributed by atoms with Crippen LogP contribution in [0.3, 0.4) is 0 Å². The summed E-state index contributed by atoms with van der Waals surface area (Å²) >= 11 is 1.26. The summed E-state index contributed by atoms with van der Waals surface area (Å²) in [5.74, 6) is -2.70. The number of aliphatic hydroxyl groups is 1. The minimum atomic E-state index is -1.17. The number of amides is 2. The van der Waals surface area contributed by atoms with Gasteiger partial charge in [-0.05, 0) is 18.6 Å². The number of thioether (sulfide) groups is 1. The summed E-state index contributed by atoms with van der Waals surface area (Å²) < 4.78 is 5.06. The molecule has 2 aliphatic rings. The van der Waals surface area contributed by atoms with Crippen LogP contribution < -0.4 is 10.5 Å².